The maximum absolute atomic E-state index is 12.7. The fourth-order valence-electron chi connectivity index (χ4n) is 2.60. The largest absolute Gasteiger partial charge is 0.487 e. The Bertz CT molecular complexity index is 1000. The van der Waals surface area contributed by atoms with Crippen molar-refractivity contribution < 1.29 is 13.2 Å². The fraction of sp³-hybridized carbons (Fsp3) is 0.150. The van der Waals surface area contributed by atoms with Gasteiger partial charge in [-0.05, 0) is 49.7 Å². The van der Waals surface area contributed by atoms with Crippen molar-refractivity contribution in [1.29, 1.82) is 0 Å². The molecular weight excluding hydrogens is 348 g/mol. The van der Waals surface area contributed by atoms with Gasteiger partial charge in [0.15, 0.2) is 0 Å². The maximum atomic E-state index is 12.7. The zero-order chi connectivity index (χ0) is 18.6. The highest BCUT2D eigenvalue weighted by atomic mass is 32.2. The highest BCUT2D eigenvalue weighted by Crippen LogP contribution is 2.23. The summed E-state index contributed by atoms with van der Waals surface area (Å²) in [5.41, 5.74) is 2.98. The van der Waals surface area contributed by atoms with Gasteiger partial charge < -0.3 is 4.74 Å². The number of nitrogens with one attached hydrogen (secondary N) is 1. The van der Waals surface area contributed by atoms with Crippen LogP contribution in [0.3, 0.4) is 0 Å². The smallest absolute Gasteiger partial charge is 0.262 e. The summed E-state index contributed by atoms with van der Waals surface area (Å²) in [7, 11) is -3.66. The Balaban J connectivity index is 1.75. The minimum Gasteiger partial charge on any atom is -0.487 e. The number of benzene rings is 2. The fourth-order valence-corrected chi connectivity index (χ4v) is 3.88. The van der Waals surface area contributed by atoms with Crippen molar-refractivity contribution in [3.05, 3.63) is 83.7 Å². The third kappa shape index (κ3) is 4.40. The summed E-state index contributed by atoms with van der Waals surface area (Å²) >= 11 is 0. The van der Waals surface area contributed by atoms with E-state index in [0.717, 1.165) is 11.3 Å². The second kappa shape index (κ2) is 7.58. The first-order chi connectivity index (χ1) is 12.4. The molecule has 0 atom stereocenters. The summed E-state index contributed by atoms with van der Waals surface area (Å²) in [6, 6.07) is 17.7. The van der Waals surface area contributed by atoms with Gasteiger partial charge >= 0.3 is 0 Å². The molecule has 2 aromatic carbocycles. The molecule has 0 spiro atoms. The van der Waals surface area contributed by atoms with E-state index in [1.54, 1.807) is 49.5 Å². The van der Waals surface area contributed by atoms with E-state index in [1.165, 1.54) is 0 Å². The highest BCUT2D eigenvalue weighted by Gasteiger charge is 2.17. The van der Waals surface area contributed by atoms with Crippen molar-refractivity contribution in [1.82, 2.24) is 4.98 Å². The van der Waals surface area contributed by atoms with E-state index in [1.807, 2.05) is 31.2 Å². The van der Waals surface area contributed by atoms with Crippen LogP contribution >= 0.6 is 0 Å². The highest BCUT2D eigenvalue weighted by molar-refractivity contribution is 7.92. The number of ether oxygens (including phenoxy) is 1. The lowest BCUT2D eigenvalue weighted by Crippen LogP contribution is -2.14. The lowest BCUT2D eigenvalue weighted by Gasteiger charge is -2.12. The number of sulfonamides is 1. The molecule has 0 unspecified atom stereocenters. The first kappa shape index (κ1) is 17.9. The van der Waals surface area contributed by atoms with Gasteiger partial charge in [0.2, 0.25) is 0 Å². The second-order valence-electron chi connectivity index (χ2n) is 6.01. The van der Waals surface area contributed by atoms with E-state index in [9.17, 15) is 8.42 Å². The van der Waals surface area contributed by atoms with E-state index in [2.05, 4.69) is 9.71 Å². The number of nitrogens with zero attached hydrogens (tertiary/aromatic N) is 1. The van der Waals surface area contributed by atoms with Crippen LogP contribution in [0.15, 0.2) is 71.8 Å². The summed E-state index contributed by atoms with van der Waals surface area (Å²) < 4.78 is 33.6. The van der Waals surface area contributed by atoms with Crippen LogP contribution in [0.5, 0.6) is 5.75 Å². The molecule has 26 heavy (non-hydrogen) atoms. The summed E-state index contributed by atoms with van der Waals surface area (Å²) in [4.78, 5) is 4.46. The summed E-state index contributed by atoms with van der Waals surface area (Å²) in [6.45, 7) is 4.03. The van der Waals surface area contributed by atoms with Gasteiger partial charge in [0, 0.05) is 12.3 Å². The predicted molar refractivity (Wildman–Crippen MR) is 102 cm³/mol. The predicted octanol–water partition coefficient (Wildman–Crippen LogP) is 4.08. The van der Waals surface area contributed by atoms with Gasteiger partial charge in [-0.2, -0.15) is 0 Å². The van der Waals surface area contributed by atoms with Crippen LogP contribution in [0, 0.1) is 13.8 Å². The molecule has 0 aliphatic carbocycles. The minimum absolute atomic E-state index is 0.267. The van der Waals surface area contributed by atoms with Crippen molar-refractivity contribution in [2.75, 3.05) is 4.72 Å². The Labute approximate surface area is 153 Å². The molecule has 1 aromatic heterocycles. The molecule has 134 valence electrons. The van der Waals surface area contributed by atoms with Gasteiger partial charge in [0.25, 0.3) is 10.0 Å². The average Bonchev–Trinajstić information content (AvgIpc) is 2.60. The average molecular weight is 368 g/mol. The van der Waals surface area contributed by atoms with E-state index in [4.69, 9.17) is 4.74 Å². The summed E-state index contributed by atoms with van der Waals surface area (Å²) in [5.74, 6) is 0.566. The molecule has 0 radical (unpaired) electrons. The van der Waals surface area contributed by atoms with Crippen LogP contribution < -0.4 is 9.46 Å². The normalized spacial score (nSPS) is 11.2. The molecule has 0 aliphatic rings. The van der Waals surface area contributed by atoms with Gasteiger partial charge in [-0.25, -0.2) is 8.42 Å². The van der Waals surface area contributed by atoms with Gasteiger partial charge in [0.1, 0.15) is 12.4 Å². The molecule has 0 saturated heterocycles. The molecule has 1 N–H and O–H groups in total. The second-order valence-corrected chi connectivity index (χ2v) is 7.66. The first-order valence-electron chi connectivity index (χ1n) is 8.17. The van der Waals surface area contributed by atoms with Crippen LogP contribution in [0.25, 0.3) is 0 Å². The monoisotopic (exact) mass is 368 g/mol. The maximum Gasteiger partial charge on any atom is 0.262 e. The molecule has 5 nitrogen and oxygen atoms in total. The molecule has 0 fully saturated rings. The number of pyridine rings is 1. The molecule has 1 heterocycles. The minimum atomic E-state index is -3.66. The van der Waals surface area contributed by atoms with Crippen molar-refractivity contribution in [3.8, 4) is 5.75 Å². The van der Waals surface area contributed by atoms with Gasteiger partial charge in [-0.15, -0.1) is 0 Å². The van der Waals surface area contributed by atoms with Gasteiger partial charge in [0.05, 0.1) is 16.3 Å². The van der Waals surface area contributed by atoms with Crippen molar-refractivity contribution >= 4 is 15.7 Å². The quantitative estimate of drug-likeness (QED) is 0.712. The molecule has 6 heteroatoms. The third-order valence-electron chi connectivity index (χ3n) is 3.82. The van der Waals surface area contributed by atoms with E-state index < -0.39 is 10.0 Å². The molecule has 3 aromatic rings. The van der Waals surface area contributed by atoms with Crippen molar-refractivity contribution in [2.45, 2.75) is 25.3 Å². The number of hydrogen-bond donors (Lipinski definition) is 1. The van der Waals surface area contributed by atoms with Gasteiger partial charge in [-0.1, -0.05) is 29.8 Å². The molecular formula is C20H20N2O3S. The van der Waals surface area contributed by atoms with Crippen molar-refractivity contribution in [3.63, 3.8) is 0 Å². The Morgan fingerprint density at radius 3 is 2.58 bits per heavy atom. The molecule has 3 rings (SSSR count). The molecule has 0 aliphatic heterocycles. The standard InChI is InChI=1S/C20H20N2O3S/c1-15-9-10-20(16(2)12-15)26(23,24)22-17-7-5-8-19(13-17)25-14-18-6-3-4-11-21-18/h3-13,22H,14H2,1-2H3. The zero-order valence-electron chi connectivity index (χ0n) is 14.6. The van der Waals surface area contributed by atoms with Crippen LogP contribution in [0.2, 0.25) is 0 Å². The zero-order valence-corrected chi connectivity index (χ0v) is 15.5. The molecule has 0 bridgehead atoms. The number of aryl methyl sites for hydroxylation is 2. The summed E-state index contributed by atoms with van der Waals surface area (Å²) in [5, 5.41) is 0. The van der Waals surface area contributed by atoms with E-state index in [0.29, 0.717) is 23.6 Å². The summed E-state index contributed by atoms with van der Waals surface area (Å²) in [6.07, 6.45) is 1.70. The Morgan fingerprint density at radius 1 is 1.00 bits per heavy atom. The van der Waals surface area contributed by atoms with Crippen LogP contribution in [0.1, 0.15) is 16.8 Å². The number of aromatic nitrogens is 1. The number of rotatable bonds is 6. The topological polar surface area (TPSA) is 68.3 Å². The van der Waals surface area contributed by atoms with Crippen LogP contribution in [-0.2, 0) is 16.6 Å². The van der Waals surface area contributed by atoms with E-state index in [-0.39, 0.29) is 4.90 Å². The van der Waals surface area contributed by atoms with E-state index >= 15 is 0 Å². The first-order valence-corrected chi connectivity index (χ1v) is 9.65. The van der Waals surface area contributed by atoms with Crippen molar-refractivity contribution in [2.24, 2.45) is 0 Å². The van der Waals surface area contributed by atoms with Crippen LogP contribution in [-0.4, -0.2) is 13.4 Å². The Kier molecular flexibility index (Phi) is 5.23. The lowest BCUT2D eigenvalue weighted by molar-refractivity contribution is 0.301. The number of hydrogen-bond acceptors (Lipinski definition) is 4. The Morgan fingerprint density at radius 2 is 1.85 bits per heavy atom. The lowest BCUT2D eigenvalue weighted by atomic mass is 10.2. The molecule has 0 saturated carbocycles. The van der Waals surface area contributed by atoms with Crippen LogP contribution in [0.4, 0.5) is 5.69 Å². The Hall–Kier alpha value is -2.86. The third-order valence-corrected chi connectivity index (χ3v) is 5.36. The molecule has 0 amide bonds. The number of anilines is 1. The SMILES string of the molecule is Cc1ccc(S(=O)(=O)Nc2cccc(OCc3ccccn3)c2)c(C)c1. The van der Waals surface area contributed by atoms with Gasteiger partial charge in [-0.3, -0.25) is 9.71 Å².